The van der Waals surface area contributed by atoms with E-state index in [-0.39, 0.29) is 5.57 Å². The smallest absolute Gasteiger partial charge is 0.296 e. The molecule has 0 saturated heterocycles. The van der Waals surface area contributed by atoms with Gasteiger partial charge in [0, 0.05) is 4.47 Å². The number of thiazole rings is 1. The van der Waals surface area contributed by atoms with Crippen molar-refractivity contribution in [3.05, 3.63) is 111 Å². The normalized spacial score (nSPS) is 16.1. The van der Waals surface area contributed by atoms with Gasteiger partial charge in [-0.15, -0.1) is 0 Å². The Morgan fingerprint density at radius 1 is 1.09 bits per heavy atom. The molecule has 5 rings (SSSR count). The van der Waals surface area contributed by atoms with E-state index < -0.39 is 23.5 Å². The molecule has 2 heterocycles. The summed E-state index contributed by atoms with van der Waals surface area (Å²) < 4.78 is 1.82. The SMILES string of the molecule is Cc1cc(C)c2nc(N3C(=O)C(O)=C(C(=O)C=Cc4ccccc4)C3c3ccc(Br)cc3)sc2c1. The number of carbonyl (C=O) groups excluding carboxylic acids is 2. The molecule has 0 bridgehead atoms. The zero-order chi connectivity index (χ0) is 24.7. The van der Waals surface area contributed by atoms with Gasteiger partial charge >= 0.3 is 0 Å². The van der Waals surface area contributed by atoms with E-state index in [1.54, 1.807) is 6.08 Å². The summed E-state index contributed by atoms with van der Waals surface area (Å²) in [4.78, 5) is 32.9. The molecule has 0 saturated carbocycles. The van der Waals surface area contributed by atoms with Gasteiger partial charge in [0.1, 0.15) is 0 Å². The lowest BCUT2D eigenvalue weighted by atomic mass is 9.96. The molecule has 0 fully saturated rings. The first-order valence-electron chi connectivity index (χ1n) is 11.0. The van der Waals surface area contributed by atoms with Crippen LogP contribution >= 0.6 is 27.3 Å². The maximum absolute atomic E-state index is 13.4. The molecule has 1 unspecified atom stereocenters. The van der Waals surface area contributed by atoms with Gasteiger partial charge < -0.3 is 5.11 Å². The van der Waals surface area contributed by atoms with E-state index in [0.717, 1.165) is 31.4 Å². The fourth-order valence-electron chi connectivity index (χ4n) is 4.30. The minimum Gasteiger partial charge on any atom is -0.503 e. The lowest BCUT2D eigenvalue weighted by molar-refractivity contribution is -0.117. The van der Waals surface area contributed by atoms with Gasteiger partial charge in [-0.2, -0.15) is 0 Å². The van der Waals surface area contributed by atoms with E-state index in [1.165, 1.54) is 22.3 Å². The lowest BCUT2D eigenvalue weighted by Gasteiger charge is -2.24. The summed E-state index contributed by atoms with van der Waals surface area (Å²) in [5.74, 6) is -1.61. The minimum atomic E-state index is -0.800. The summed E-state index contributed by atoms with van der Waals surface area (Å²) in [5.41, 5.74) is 4.50. The van der Waals surface area contributed by atoms with Crippen LogP contribution in [0.3, 0.4) is 0 Å². The Balaban J connectivity index is 1.62. The molecule has 0 aliphatic carbocycles. The maximum Gasteiger partial charge on any atom is 0.296 e. The van der Waals surface area contributed by atoms with Crippen LogP contribution in [0.1, 0.15) is 28.3 Å². The molecular weight excluding hydrogens is 524 g/mol. The van der Waals surface area contributed by atoms with E-state index >= 15 is 0 Å². The van der Waals surface area contributed by atoms with Crippen LogP contribution in [0.25, 0.3) is 16.3 Å². The van der Waals surface area contributed by atoms with Crippen LogP contribution in [0.5, 0.6) is 0 Å². The fraction of sp³-hybridized carbons (Fsp3) is 0.107. The number of aliphatic hydroxyl groups is 1. The molecule has 0 spiro atoms. The second-order valence-corrected chi connectivity index (χ2v) is 10.3. The van der Waals surface area contributed by atoms with Gasteiger partial charge in [0.05, 0.1) is 21.8 Å². The fourth-order valence-corrected chi connectivity index (χ4v) is 5.74. The molecule has 1 atom stereocenters. The van der Waals surface area contributed by atoms with Crippen molar-refractivity contribution < 1.29 is 14.7 Å². The first kappa shape index (κ1) is 23.2. The molecule has 0 radical (unpaired) electrons. The maximum atomic E-state index is 13.4. The summed E-state index contributed by atoms with van der Waals surface area (Å²) >= 11 is 4.81. The minimum absolute atomic E-state index is 0.0386. The van der Waals surface area contributed by atoms with Crippen LogP contribution in [0.2, 0.25) is 0 Å². The van der Waals surface area contributed by atoms with Crippen molar-refractivity contribution >= 4 is 60.4 Å². The monoisotopic (exact) mass is 544 g/mol. The molecule has 4 aromatic rings. The number of halogens is 1. The summed E-state index contributed by atoms with van der Waals surface area (Å²) in [6, 6.07) is 20.0. The first-order chi connectivity index (χ1) is 16.8. The molecule has 174 valence electrons. The van der Waals surface area contributed by atoms with Gasteiger partial charge in [-0.3, -0.25) is 14.5 Å². The molecule has 1 amide bonds. The molecule has 1 aliphatic rings. The molecule has 7 heteroatoms. The summed E-state index contributed by atoms with van der Waals surface area (Å²) in [6.07, 6.45) is 3.08. The van der Waals surface area contributed by atoms with E-state index in [0.29, 0.717) is 10.7 Å². The molecule has 35 heavy (non-hydrogen) atoms. The van der Waals surface area contributed by atoms with Crippen LogP contribution < -0.4 is 4.90 Å². The van der Waals surface area contributed by atoms with Gasteiger partial charge in [-0.1, -0.05) is 81.9 Å². The van der Waals surface area contributed by atoms with E-state index in [4.69, 9.17) is 4.98 Å². The van der Waals surface area contributed by atoms with Crippen molar-refractivity contribution in [1.82, 2.24) is 4.98 Å². The Kier molecular flexibility index (Phi) is 6.13. The summed E-state index contributed by atoms with van der Waals surface area (Å²) in [6.45, 7) is 4.00. The van der Waals surface area contributed by atoms with Crippen molar-refractivity contribution in [2.75, 3.05) is 4.90 Å². The molecular formula is C28H21BrN2O3S. The van der Waals surface area contributed by atoms with Gasteiger partial charge in [0.2, 0.25) is 0 Å². The van der Waals surface area contributed by atoms with Crippen LogP contribution in [-0.2, 0) is 9.59 Å². The van der Waals surface area contributed by atoms with Crippen molar-refractivity contribution in [3.63, 3.8) is 0 Å². The Labute approximate surface area is 215 Å². The van der Waals surface area contributed by atoms with E-state index in [1.807, 2.05) is 80.6 Å². The highest BCUT2D eigenvalue weighted by molar-refractivity contribution is 9.10. The Bertz CT molecular complexity index is 1520. The average Bonchev–Trinajstić information content (AvgIpc) is 3.37. The van der Waals surface area contributed by atoms with E-state index in [9.17, 15) is 14.7 Å². The third-order valence-electron chi connectivity index (χ3n) is 5.91. The second kappa shape index (κ2) is 9.24. The highest BCUT2D eigenvalue weighted by Crippen LogP contribution is 2.44. The quantitative estimate of drug-likeness (QED) is 0.278. The summed E-state index contributed by atoms with van der Waals surface area (Å²) in [7, 11) is 0. The number of amides is 1. The molecule has 5 nitrogen and oxygen atoms in total. The van der Waals surface area contributed by atoms with Crippen LogP contribution in [0.4, 0.5) is 5.13 Å². The van der Waals surface area contributed by atoms with Gasteiger partial charge in [0.25, 0.3) is 5.91 Å². The number of aromatic nitrogens is 1. The molecule has 1 aliphatic heterocycles. The molecule has 1 N–H and O–H groups in total. The van der Waals surface area contributed by atoms with Crippen molar-refractivity contribution in [2.45, 2.75) is 19.9 Å². The second-order valence-electron chi connectivity index (χ2n) is 8.42. The Morgan fingerprint density at radius 2 is 1.80 bits per heavy atom. The van der Waals surface area contributed by atoms with Crippen molar-refractivity contribution in [2.24, 2.45) is 0 Å². The number of hydrogen-bond donors (Lipinski definition) is 1. The number of benzene rings is 3. The number of rotatable bonds is 5. The third-order valence-corrected chi connectivity index (χ3v) is 7.44. The zero-order valence-corrected chi connectivity index (χ0v) is 21.4. The average molecular weight is 545 g/mol. The number of aryl methyl sites for hydroxylation is 2. The lowest BCUT2D eigenvalue weighted by Crippen LogP contribution is -2.30. The number of allylic oxidation sites excluding steroid dienone is 1. The van der Waals surface area contributed by atoms with Crippen LogP contribution in [-0.4, -0.2) is 21.8 Å². The van der Waals surface area contributed by atoms with Gasteiger partial charge in [0.15, 0.2) is 16.7 Å². The van der Waals surface area contributed by atoms with Crippen molar-refractivity contribution in [3.8, 4) is 0 Å². The number of aliphatic hydroxyl groups excluding tert-OH is 1. The van der Waals surface area contributed by atoms with Crippen molar-refractivity contribution in [1.29, 1.82) is 0 Å². The number of ketones is 1. The largest absolute Gasteiger partial charge is 0.503 e. The summed E-state index contributed by atoms with van der Waals surface area (Å²) in [5, 5.41) is 11.4. The Morgan fingerprint density at radius 3 is 2.51 bits per heavy atom. The third kappa shape index (κ3) is 4.33. The number of carbonyl (C=O) groups is 2. The molecule has 1 aromatic heterocycles. The number of anilines is 1. The van der Waals surface area contributed by atoms with Crippen LogP contribution in [0, 0.1) is 13.8 Å². The first-order valence-corrected chi connectivity index (χ1v) is 12.6. The predicted octanol–water partition coefficient (Wildman–Crippen LogP) is 6.86. The van der Waals surface area contributed by atoms with E-state index in [2.05, 4.69) is 15.9 Å². The Hall–Kier alpha value is -3.55. The standard InChI is InChI=1S/C28H21BrN2O3S/c1-16-14-17(2)24-22(15-16)35-28(30-24)31-25(19-9-11-20(29)12-10-19)23(26(33)27(31)34)21(32)13-8-18-6-4-3-5-7-18/h3-15,25,33H,1-2H3. The highest BCUT2D eigenvalue weighted by atomic mass is 79.9. The zero-order valence-electron chi connectivity index (χ0n) is 19.0. The molecule has 3 aromatic carbocycles. The van der Waals surface area contributed by atoms with Crippen LogP contribution in [0.15, 0.2) is 88.6 Å². The number of hydrogen-bond acceptors (Lipinski definition) is 5. The predicted molar refractivity (Wildman–Crippen MR) is 144 cm³/mol. The number of nitrogens with zero attached hydrogens (tertiary/aromatic N) is 2. The topological polar surface area (TPSA) is 70.5 Å². The highest BCUT2D eigenvalue weighted by Gasteiger charge is 2.45. The van der Waals surface area contributed by atoms with Gasteiger partial charge in [-0.25, -0.2) is 4.98 Å². The number of fused-ring (bicyclic) bond motifs is 1. The van der Waals surface area contributed by atoms with Gasteiger partial charge in [-0.05, 0) is 60.4 Å².